The number of esters is 1. The van der Waals surface area contributed by atoms with Gasteiger partial charge >= 0.3 is 5.97 Å². The van der Waals surface area contributed by atoms with Crippen molar-refractivity contribution in [2.24, 2.45) is 0 Å². The number of ketones is 1. The summed E-state index contributed by atoms with van der Waals surface area (Å²) in [5.41, 5.74) is 0. The van der Waals surface area contributed by atoms with Gasteiger partial charge in [-0.1, -0.05) is 0 Å². The summed E-state index contributed by atoms with van der Waals surface area (Å²) in [6, 6.07) is 3.00. The van der Waals surface area contributed by atoms with Crippen LogP contribution in [0.5, 0.6) is 0 Å². The minimum atomic E-state index is -1.04. The van der Waals surface area contributed by atoms with Gasteiger partial charge in [0.2, 0.25) is 0 Å². The second-order valence-corrected chi connectivity index (χ2v) is 2.36. The van der Waals surface area contributed by atoms with Crippen molar-refractivity contribution in [2.45, 2.75) is 0 Å². The van der Waals surface area contributed by atoms with Gasteiger partial charge in [-0.15, -0.1) is 0 Å². The third-order valence-electron chi connectivity index (χ3n) is 1.43. The number of carbonyl (C=O) groups excluding carboxylic acids is 2. The number of hydrogen-bond donors (Lipinski definition) is 1. The summed E-state index contributed by atoms with van der Waals surface area (Å²) in [5, 5.41) is 9.26. The van der Waals surface area contributed by atoms with Crippen LogP contribution in [0.1, 0.15) is 5.76 Å². The van der Waals surface area contributed by atoms with Crippen molar-refractivity contribution in [3.63, 3.8) is 0 Å². The predicted molar refractivity (Wildman–Crippen MR) is 46.3 cm³/mol. The SMILES string of the molecule is COC(=O)C(=O)/C=C(\O)c1ccco1. The van der Waals surface area contributed by atoms with E-state index < -0.39 is 17.5 Å². The quantitative estimate of drug-likeness (QED) is 0.336. The van der Waals surface area contributed by atoms with Crippen LogP contribution in [0.2, 0.25) is 0 Å². The van der Waals surface area contributed by atoms with E-state index in [0.717, 1.165) is 13.2 Å². The Hall–Kier alpha value is -2.04. The maximum atomic E-state index is 10.9. The zero-order valence-electron chi connectivity index (χ0n) is 7.39. The summed E-state index contributed by atoms with van der Waals surface area (Å²) in [6.45, 7) is 0. The minimum Gasteiger partial charge on any atom is -0.504 e. The smallest absolute Gasteiger partial charge is 0.378 e. The van der Waals surface area contributed by atoms with Crippen molar-refractivity contribution in [3.05, 3.63) is 30.2 Å². The van der Waals surface area contributed by atoms with Gasteiger partial charge in [0.15, 0.2) is 11.5 Å². The molecule has 0 saturated heterocycles. The highest BCUT2D eigenvalue weighted by molar-refractivity contribution is 6.39. The number of aliphatic hydroxyl groups excluding tert-OH is 1. The third kappa shape index (κ3) is 2.22. The molecular weight excluding hydrogens is 188 g/mol. The van der Waals surface area contributed by atoms with Crippen LogP contribution < -0.4 is 0 Å². The molecule has 0 spiro atoms. The molecule has 1 N–H and O–H groups in total. The lowest BCUT2D eigenvalue weighted by atomic mass is 10.3. The molecule has 1 rings (SSSR count). The molecule has 0 atom stereocenters. The number of rotatable bonds is 3. The van der Waals surface area contributed by atoms with Crippen LogP contribution in [0, 0.1) is 0 Å². The van der Waals surface area contributed by atoms with Crippen LogP contribution in [0.3, 0.4) is 0 Å². The molecule has 0 aliphatic heterocycles. The molecule has 0 radical (unpaired) electrons. The lowest BCUT2D eigenvalue weighted by Crippen LogP contribution is -2.12. The fraction of sp³-hybridized carbons (Fsp3) is 0.111. The van der Waals surface area contributed by atoms with Crippen LogP contribution in [0.15, 0.2) is 28.9 Å². The largest absolute Gasteiger partial charge is 0.504 e. The normalized spacial score (nSPS) is 11.1. The number of ether oxygens (including phenoxy) is 1. The van der Waals surface area contributed by atoms with E-state index in [-0.39, 0.29) is 5.76 Å². The molecule has 0 amide bonds. The summed E-state index contributed by atoms with van der Waals surface area (Å²) in [7, 11) is 1.08. The molecule has 1 aromatic rings. The molecular formula is C9H8O5. The highest BCUT2D eigenvalue weighted by Crippen LogP contribution is 2.10. The fourth-order valence-electron chi connectivity index (χ4n) is 0.779. The lowest BCUT2D eigenvalue weighted by molar-refractivity contribution is -0.149. The Kier molecular flexibility index (Phi) is 3.06. The second kappa shape index (κ2) is 4.27. The molecule has 1 aromatic heterocycles. The third-order valence-corrected chi connectivity index (χ3v) is 1.43. The van der Waals surface area contributed by atoms with Gasteiger partial charge in [0.1, 0.15) is 0 Å². The first-order valence-corrected chi connectivity index (χ1v) is 3.72. The molecule has 0 unspecified atom stereocenters. The van der Waals surface area contributed by atoms with Crippen LogP contribution in [0.25, 0.3) is 5.76 Å². The standard InChI is InChI=1S/C9H8O5/c1-13-9(12)7(11)5-6(10)8-3-2-4-14-8/h2-5,10H,1H3/b6-5-. The maximum absolute atomic E-state index is 10.9. The molecule has 0 fully saturated rings. The van der Waals surface area contributed by atoms with Gasteiger partial charge in [-0.25, -0.2) is 4.79 Å². The molecule has 0 saturated carbocycles. The first-order chi connectivity index (χ1) is 6.65. The number of hydrogen-bond acceptors (Lipinski definition) is 5. The van der Waals surface area contributed by atoms with Gasteiger partial charge < -0.3 is 14.3 Å². The van der Waals surface area contributed by atoms with E-state index in [9.17, 15) is 14.7 Å². The van der Waals surface area contributed by atoms with E-state index in [1.54, 1.807) is 6.07 Å². The highest BCUT2D eigenvalue weighted by atomic mass is 16.5. The van der Waals surface area contributed by atoms with Crippen LogP contribution in [-0.4, -0.2) is 24.0 Å². The van der Waals surface area contributed by atoms with Gasteiger partial charge in [-0.3, -0.25) is 4.79 Å². The molecule has 1 heterocycles. The summed E-state index contributed by atoms with van der Waals surface area (Å²) in [5.74, 6) is -2.28. The van der Waals surface area contributed by atoms with Crippen molar-refractivity contribution < 1.29 is 23.8 Å². The zero-order chi connectivity index (χ0) is 10.6. The Morgan fingerprint density at radius 1 is 1.57 bits per heavy atom. The number of furan rings is 1. The molecule has 74 valence electrons. The van der Waals surface area contributed by atoms with E-state index in [1.165, 1.54) is 12.3 Å². The van der Waals surface area contributed by atoms with E-state index in [1.807, 2.05) is 0 Å². The van der Waals surface area contributed by atoms with Crippen LogP contribution >= 0.6 is 0 Å². The summed E-state index contributed by atoms with van der Waals surface area (Å²) in [4.78, 5) is 21.6. The molecule has 0 aliphatic rings. The second-order valence-electron chi connectivity index (χ2n) is 2.36. The number of aliphatic hydroxyl groups is 1. The van der Waals surface area contributed by atoms with Crippen molar-refractivity contribution in [1.29, 1.82) is 0 Å². The van der Waals surface area contributed by atoms with Crippen molar-refractivity contribution in [3.8, 4) is 0 Å². The van der Waals surface area contributed by atoms with E-state index in [0.29, 0.717) is 0 Å². The molecule has 14 heavy (non-hydrogen) atoms. The van der Waals surface area contributed by atoms with Gasteiger partial charge in [0.05, 0.1) is 13.4 Å². The Balaban J connectivity index is 2.79. The molecule has 0 bridgehead atoms. The summed E-state index contributed by atoms with van der Waals surface area (Å²) >= 11 is 0. The molecule has 0 aliphatic carbocycles. The summed E-state index contributed by atoms with van der Waals surface area (Å²) in [6.07, 6.45) is 2.08. The Labute approximate surface area is 79.6 Å². The zero-order valence-corrected chi connectivity index (χ0v) is 7.39. The van der Waals surface area contributed by atoms with Gasteiger partial charge in [0, 0.05) is 6.08 Å². The minimum absolute atomic E-state index is 0.113. The fourth-order valence-corrected chi connectivity index (χ4v) is 0.779. The van der Waals surface area contributed by atoms with E-state index in [2.05, 4.69) is 4.74 Å². The van der Waals surface area contributed by atoms with Crippen molar-refractivity contribution in [1.82, 2.24) is 0 Å². The monoisotopic (exact) mass is 196 g/mol. The average molecular weight is 196 g/mol. The maximum Gasteiger partial charge on any atom is 0.378 e. The molecule has 5 heteroatoms. The van der Waals surface area contributed by atoms with Gasteiger partial charge in [-0.05, 0) is 12.1 Å². The molecule has 0 aromatic carbocycles. The van der Waals surface area contributed by atoms with Crippen molar-refractivity contribution >= 4 is 17.5 Å². The molecule has 5 nitrogen and oxygen atoms in total. The lowest BCUT2D eigenvalue weighted by Gasteiger charge is -1.94. The predicted octanol–water partition coefficient (Wildman–Crippen LogP) is 0.921. The Morgan fingerprint density at radius 3 is 2.79 bits per heavy atom. The number of carbonyl (C=O) groups is 2. The summed E-state index contributed by atoms with van der Waals surface area (Å²) < 4.78 is 8.94. The van der Waals surface area contributed by atoms with Crippen LogP contribution in [-0.2, 0) is 14.3 Å². The highest BCUT2D eigenvalue weighted by Gasteiger charge is 2.13. The van der Waals surface area contributed by atoms with Gasteiger partial charge in [0.25, 0.3) is 5.78 Å². The Morgan fingerprint density at radius 2 is 2.29 bits per heavy atom. The van der Waals surface area contributed by atoms with E-state index in [4.69, 9.17) is 4.42 Å². The van der Waals surface area contributed by atoms with Gasteiger partial charge in [-0.2, -0.15) is 0 Å². The first-order valence-electron chi connectivity index (χ1n) is 3.72. The average Bonchev–Trinajstić information content (AvgIpc) is 2.69. The number of methoxy groups -OCH3 is 1. The topological polar surface area (TPSA) is 76.7 Å². The van der Waals surface area contributed by atoms with E-state index >= 15 is 0 Å². The Bertz CT molecular complexity index is 361. The van der Waals surface area contributed by atoms with Crippen molar-refractivity contribution in [2.75, 3.05) is 7.11 Å². The van der Waals surface area contributed by atoms with Crippen LogP contribution in [0.4, 0.5) is 0 Å². The first kappa shape index (κ1) is 10.0.